The number of Topliss-reactive ketones (excluding diaryl/α,β-unsaturated/α-hetero) is 1. The second-order valence-electron chi connectivity index (χ2n) is 8.83. The molecule has 2 aromatic heterocycles. The van der Waals surface area contributed by atoms with E-state index in [1.54, 1.807) is 11.3 Å². The molecule has 1 aromatic carbocycles. The second-order valence-corrected chi connectivity index (χ2v) is 10.3. The topological polar surface area (TPSA) is 81.4 Å². The number of nitrogens with zero attached hydrogens (tertiary/aromatic N) is 4. The fourth-order valence-corrected chi connectivity index (χ4v) is 6.80. The lowest BCUT2D eigenvalue weighted by molar-refractivity contribution is -0.135. The Balaban J connectivity index is 1.48. The minimum Gasteiger partial charge on any atom is -0.368 e. The van der Waals surface area contributed by atoms with Crippen molar-refractivity contribution in [2.45, 2.75) is 38.8 Å². The van der Waals surface area contributed by atoms with E-state index in [2.05, 4.69) is 20.1 Å². The number of aryl methyl sites for hydroxylation is 1. The molecule has 170 valence electrons. The Labute approximate surface area is 200 Å². The van der Waals surface area contributed by atoms with Crippen molar-refractivity contribution in [3.63, 3.8) is 0 Å². The average Bonchev–Trinajstić information content (AvgIpc) is 3.48. The van der Waals surface area contributed by atoms with E-state index in [0.717, 1.165) is 46.5 Å². The van der Waals surface area contributed by atoms with Crippen LogP contribution in [0.15, 0.2) is 29.3 Å². The van der Waals surface area contributed by atoms with E-state index >= 15 is 0 Å². The highest BCUT2D eigenvalue weighted by Crippen LogP contribution is 2.45. The molecule has 0 bridgehead atoms. The smallest absolute Gasteiger partial charge is 0.166 e. The van der Waals surface area contributed by atoms with Crippen LogP contribution in [-0.2, 0) is 22.4 Å². The summed E-state index contributed by atoms with van der Waals surface area (Å²) >= 11 is 8.37. The van der Waals surface area contributed by atoms with Gasteiger partial charge in [-0.1, -0.05) is 29.8 Å². The first-order valence-corrected chi connectivity index (χ1v) is 12.5. The molecule has 1 saturated heterocycles. The van der Waals surface area contributed by atoms with Crippen LogP contribution >= 0.6 is 22.9 Å². The lowest BCUT2D eigenvalue weighted by Crippen LogP contribution is -2.45. The maximum atomic E-state index is 13.2. The van der Waals surface area contributed by atoms with Gasteiger partial charge in [-0.05, 0) is 38.3 Å². The van der Waals surface area contributed by atoms with Crippen LogP contribution in [0.2, 0.25) is 5.02 Å². The molecule has 3 atom stereocenters. The van der Waals surface area contributed by atoms with Crippen molar-refractivity contribution in [2.24, 2.45) is 10.9 Å². The number of carbonyl (C=O) groups is 1. The molecule has 7 nitrogen and oxygen atoms in total. The van der Waals surface area contributed by atoms with Crippen molar-refractivity contribution >= 4 is 34.4 Å². The van der Waals surface area contributed by atoms with Gasteiger partial charge < -0.3 is 10.1 Å². The average molecular weight is 482 g/mol. The monoisotopic (exact) mass is 481 g/mol. The van der Waals surface area contributed by atoms with Crippen LogP contribution < -0.4 is 5.32 Å². The van der Waals surface area contributed by atoms with Crippen LogP contribution in [-0.4, -0.2) is 52.1 Å². The molecule has 0 radical (unpaired) electrons. The summed E-state index contributed by atoms with van der Waals surface area (Å²) in [6, 6.07) is 7.65. The third-order valence-corrected chi connectivity index (χ3v) is 8.29. The number of nitrogens with one attached hydrogen (secondary N) is 1. The van der Waals surface area contributed by atoms with Gasteiger partial charge in [0.25, 0.3) is 0 Å². The highest BCUT2D eigenvalue weighted by atomic mass is 35.5. The minimum absolute atomic E-state index is 0.0731. The van der Waals surface area contributed by atoms with E-state index in [1.807, 2.05) is 38.1 Å². The molecule has 0 amide bonds. The number of carbonyl (C=O) groups excluding carboxylic acids is 1. The molecule has 1 aliphatic carbocycles. The summed E-state index contributed by atoms with van der Waals surface area (Å²) in [5, 5.41) is 13.8. The largest absolute Gasteiger partial charge is 0.368 e. The van der Waals surface area contributed by atoms with E-state index in [0.29, 0.717) is 24.6 Å². The van der Waals surface area contributed by atoms with Crippen molar-refractivity contribution < 1.29 is 9.53 Å². The van der Waals surface area contributed by atoms with Gasteiger partial charge in [0.2, 0.25) is 0 Å². The Morgan fingerprint density at radius 1 is 1.27 bits per heavy atom. The molecule has 3 aliphatic rings. The number of benzene rings is 1. The molecule has 1 fully saturated rings. The van der Waals surface area contributed by atoms with Crippen LogP contribution in [0.4, 0.5) is 0 Å². The Morgan fingerprint density at radius 3 is 2.91 bits per heavy atom. The number of halogens is 1. The van der Waals surface area contributed by atoms with Gasteiger partial charge in [-0.15, -0.1) is 21.5 Å². The van der Waals surface area contributed by atoms with Gasteiger partial charge in [0.15, 0.2) is 11.6 Å². The number of thiophene rings is 1. The van der Waals surface area contributed by atoms with Gasteiger partial charge in [0.05, 0.1) is 12.3 Å². The predicted molar refractivity (Wildman–Crippen MR) is 128 cm³/mol. The molecule has 6 rings (SSSR count). The molecule has 1 N–H and O–H groups in total. The molecular formula is C24H24ClN5O2S. The third-order valence-electron chi connectivity index (χ3n) is 6.72. The van der Waals surface area contributed by atoms with Gasteiger partial charge in [0.1, 0.15) is 23.0 Å². The molecule has 0 saturated carbocycles. The third kappa shape index (κ3) is 3.39. The van der Waals surface area contributed by atoms with Crippen molar-refractivity contribution in [2.75, 3.05) is 19.7 Å². The van der Waals surface area contributed by atoms with E-state index in [-0.39, 0.29) is 23.8 Å². The summed E-state index contributed by atoms with van der Waals surface area (Å²) in [6.07, 6.45) is 1.06. The van der Waals surface area contributed by atoms with Crippen LogP contribution in [0.3, 0.4) is 0 Å². The highest BCUT2D eigenvalue weighted by Gasteiger charge is 2.39. The zero-order chi connectivity index (χ0) is 22.7. The first-order valence-electron chi connectivity index (χ1n) is 11.3. The number of rotatable bonds is 3. The Morgan fingerprint density at radius 2 is 2.12 bits per heavy atom. The standard InChI is InChI=1S/C24H24ClN5O2S/c1-12-23-29-28-13(2)30(23)24-20(21(27-12)15-5-3-4-6-17(15)25)16-9-14(10-19(16)33-24)22(31)18-11-26-7-8-32-18/h3-6,12,14,18,26H,7-11H2,1-2H3. The Kier molecular flexibility index (Phi) is 5.21. The zero-order valence-corrected chi connectivity index (χ0v) is 20.0. The molecular weight excluding hydrogens is 458 g/mol. The minimum atomic E-state index is -0.361. The van der Waals surface area contributed by atoms with Crippen molar-refractivity contribution in [3.05, 3.63) is 62.5 Å². The quantitative estimate of drug-likeness (QED) is 0.619. The fourth-order valence-electron chi connectivity index (χ4n) is 5.11. The summed E-state index contributed by atoms with van der Waals surface area (Å²) < 4.78 is 7.89. The number of morpholine rings is 1. The summed E-state index contributed by atoms with van der Waals surface area (Å²) in [6.45, 7) is 5.97. The number of aromatic nitrogens is 3. The molecule has 9 heteroatoms. The number of hydrogen-bond donors (Lipinski definition) is 1. The van der Waals surface area contributed by atoms with Crippen molar-refractivity contribution in [1.82, 2.24) is 20.1 Å². The van der Waals surface area contributed by atoms with Crippen LogP contribution in [0.1, 0.15) is 46.2 Å². The first-order chi connectivity index (χ1) is 16.0. The van der Waals surface area contributed by atoms with E-state index in [4.69, 9.17) is 21.3 Å². The summed E-state index contributed by atoms with van der Waals surface area (Å²) in [4.78, 5) is 19.6. The maximum Gasteiger partial charge on any atom is 0.166 e. The van der Waals surface area contributed by atoms with E-state index < -0.39 is 0 Å². The normalized spacial score (nSPS) is 24.0. The SMILES string of the molecule is Cc1nnc2n1-c1sc3c(c1C(c1ccccc1Cl)=NC2C)CC(C(=O)C1CNCCO1)C3. The molecule has 33 heavy (non-hydrogen) atoms. The molecule has 0 spiro atoms. The lowest BCUT2D eigenvalue weighted by atomic mass is 9.94. The summed E-state index contributed by atoms with van der Waals surface area (Å²) in [7, 11) is 0. The van der Waals surface area contributed by atoms with Crippen LogP contribution in [0.5, 0.6) is 0 Å². The zero-order valence-electron chi connectivity index (χ0n) is 18.5. The van der Waals surface area contributed by atoms with E-state index in [9.17, 15) is 4.79 Å². The van der Waals surface area contributed by atoms with Gasteiger partial charge in [0, 0.05) is 40.0 Å². The van der Waals surface area contributed by atoms with Gasteiger partial charge in [-0.3, -0.25) is 14.4 Å². The molecule has 3 aromatic rings. The molecule has 4 heterocycles. The lowest BCUT2D eigenvalue weighted by Gasteiger charge is -2.24. The predicted octanol–water partition coefficient (Wildman–Crippen LogP) is 3.47. The van der Waals surface area contributed by atoms with E-state index in [1.165, 1.54) is 10.4 Å². The maximum absolute atomic E-state index is 13.2. The number of ether oxygens (including phenoxy) is 1. The van der Waals surface area contributed by atoms with Crippen molar-refractivity contribution in [1.29, 1.82) is 0 Å². The second kappa shape index (κ2) is 8.13. The van der Waals surface area contributed by atoms with Gasteiger partial charge >= 0.3 is 0 Å². The van der Waals surface area contributed by atoms with Gasteiger partial charge in [-0.25, -0.2) is 0 Å². The first kappa shape index (κ1) is 21.2. The van der Waals surface area contributed by atoms with Crippen molar-refractivity contribution in [3.8, 4) is 5.00 Å². The molecule has 3 unspecified atom stereocenters. The summed E-state index contributed by atoms with van der Waals surface area (Å²) in [5.74, 6) is 1.78. The number of aliphatic imine (C=N–C) groups is 1. The van der Waals surface area contributed by atoms with Gasteiger partial charge in [-0.2, -0.15) is 0 Å². The summed E-state index contributed by atoms with van der Waals surface area (Å²) in [5.41, 5.74) is 4.03. The molecule has 2 aliphatic heterocycles. The number of fused-ring (bicyclic) bond motifs is 5. The fraction of sp³-hybridized carbons (Fsp3) is 0.417. The highest BCUT2D eigenvalue weighted by molar-refractivity contribution is 7.15. The number of hydrogen-bond acceptors (Lipinski definition) is 7. The Hall–Kier alpha value is -2.39. The number of ketones is 1. The Bertz CT molecular complexity index is 1290. The van der Waals surface area contributed by atoms with Crippen LogP contribution in [0, 0.1) is 12.8 Å². The van der Waals surface area contributed by atoms with Crippen LogP contribution in [0.25, 0.3) is 5.00 Å².